The van der Waals surface area contributed by atoms with E-state index in [9.17, 15) is 13.2 Å². The molecule has 0 atom stereocenters. The van der Waals surface area contributed by atoms with E-state index in [4.69, 9.17) is 0 Å². The molecule has 55 valence electrons. The second kappa shape index (κ2) is 2.24. The summed E-state index contributed by atoms with van der Waals surface area (Å²) in [6.07, 6.45) is -0.360. The molecule has 0 aromatic carbocycles. The lowest BCUT2D eigenvalue weighted by atomic mass is 10.2. The molecule has 0 unspecified atom stereocenters. The molecule has 1 heterocycles. The average molecular weight is 149 g/mol. The normalized spacial score (nSPS) is 17.3. The summed E-state index contributed by atoms with van der Waals surface area (Å²) in [5, 5.41) is 0. The lowest BCUT2D eigenvalue weighted by molar-refractivity contribution is -0.0894. The van der Waals surface area contributed by atoms with E-state index in [1.54, 1.807) is 0 Å². The van der Waals surface area contributed by atoms with Crippen LogP contribution in [0.3, 0.4) is 0 Å². The highest BCUT2D eigenvalue weighted by atomic mass is 19.4. The van der Waals surface area contributed by atoms with E-state index in [1.165, 1.54) is 0 Å². The minimum atomic E-state index is -4.31. The fourth-order valence-corrected chi connectivity index (χ4v) is 0.477. The predicted octanol–water partition coefficient (Wildman–Crippen LogP) is 0.857. The van der Waals surface area contributed by atoms with E-state index in [1.807, 2.05) is 6.20 Å². The Labute approximate surface area is 55.4 Å². The van der Waals surface area contributed by atoms with Gasteiger partial charge in [0, 0.05) is 6.20 Å². The highest BCUT2D eigenvalue weighted by molar-refractivity contribution is 5.21. The van der Waals surface area contributed by atoms with Crippen molar-refractivity contribution in [3.8, 4) is 0 Å². The van der Waals surface area contributed by atoms with Gasteiger partial charge in [-0.3, -0.25) is 5.43 Å². The van der Waals surface area contributed by atoms with Gasteiger partial charge in [0.1, 0.15) is 0 Å². The fourth-order valence-electron chi connectivity index (χ4n) is 0.477. The maximum Gasteiger partial charge on any atom is 0.418 e. The van der Waals surface area contributed by atoms with E-state index in [0.717, 1.165) is 12.3 Å². The van der Waals surface area contributed by atoms with Gasteiger partial charge in [0.05, 0.1) is 11.8 Å². The molecule has 5 heteroatoms. The third kappa shape index (κ3) is 1.43. The molecule has 0 fully saturated rings. The fraction of sp³-hybridized carbons (Fsp3) is 0.200. The molecule has 0 bridgehead atoms. The second-order valence-electron chi connectivity index (χ2n) is 1.64. The van der Waals surface area contributed by atoms with E-state index >= 15 is 0 Å². The lowest BCUT2D eigenvalue weighted by Crippen LogP contribution is -2.27. The van der Waals surface area contributed by atoms with Gasteiger partial charge in [0.25, 0.3) is 0 Å². The number of hydrogen-bond donors (Lipinski definition) is 2. The molecular formula is C5H4F3N2. The van der Waals surface area contributed by atoms with Crippen molar-refractivity contribution in [3.05, 3.63) is 24.0 Å². The highest BCUT2D eigenvalue weighted by Gasteiger charge is 2.32. The van der Waals surface area contributed by atoms with Crippen LogP contribution in [0.15, 0.2) is 17.8 Å². The number of allylic oxidation sites excluding steroid dienone is 2. The standard InChI is InChI=1S/C5H4F3N2/c6-5(7,8)4-1-2-9-10-3-4/h1-2,9-10H. The molecule has 1 radical (unpaired) electrons. The van der Waals surface area contributed by atoms with Gasteiger partial charge in [-0.05, 0) is 6.08 Å². The molecule has 0 aliphatic carbocycles. The topological polar surface area (TPSA) is 24.1 Å². The van der Waals surface area contributed by atoms with Crippen LogP contribution >= 0.6 is 0 Å². The first-order valence-electron chi connectivity index (χ1n) is 2.48. The first-order valence-corrected chi connectivity index (χ1v) is 2.48. The van der Waals surface area contributed by atoms with Crippen molar-refractivity contribution in [3.63, 3.8) is 0 Å². The Hall–Kier alpha value is -1.13. The zero-order valence-corrected chi connectivity index (χ0v) is 4.79. The van der Waals surface area contributed by atoms with Gasteiger partial charge in [-0.1, -0.05) is 0 Å². The van der Waals surface area contributed by atoms with Crippen molar-refractivity contribution >= 4 is 0 Å². The molecule has 0 aromatic heterocycles. The Morgan fingerprint density at radius 3 is 2.40 bits per heavy atom. The van der Waals surface area contributed by atoms with Crippen molar-refractivity contribution in [2.45, 2.75) is 6.18 Å². The van der Waals surface area contributed by atoms with Crippen LogP contribution in [0.4, 0.5) is 13.2 Å². The molecule has 0 saturated heterocycles. The van der Waals surface area contributed by atoms with Crippen molar-refractivity contribution in [2.24, 2.45) is 0 Å². The van der Waals surface area contributed by atoms with Crippen LogP contribution in [0.5, 0.6) is 0 Å². The lowest BCUT2D eigenvalue weighted by Gasteiger charge is -2.11. The molecule has 1 aliphatic rings. The van der Waals surface area contributed by atoms with Crippen LogP contribution < -0.4 is 10.9 Å². The minimum absolute atomic E-state index is 0.814. The van der Waals surface area contributed by atoms with Gasteiger partial charge in [0.2, 0.25) is 0 Å². The summed E-state index contributed by atoms with van der Waals surface area (Å²) in [4.78, 5) is 0. The monoisotopic (exact) mass is 149 g/mol. The summed E-state index contributed by atoms with van der Waals surface area (Å²) in [5.74, 6) is 0. The number of hydrogen-bond acceptors (Lipinski definition) is 2. The molecule has 2 nitrogen and oxygen atoms in total. The van der Waals surface area contributed by atoms with E-state index < -0.39 is 11.7 Å². The predicted molar refractivity (Wildman–Crippen MR) is 28.2 cm³/mol. The smallest absolute Gasteiger partial charge is 0.308 e. The molecule has 10 heavy (non-hydrogen) atoms. The van der Waals surface area contributed by atoms with Gasteiger partial charge >= 0.3 is 6.18 Å². The number of halogens is 3. The molecule has 1 aliphatic heterocycles. The number of nitrogens with one attached hydrogen (secondary N) is 2. The minimum Gasteiger partial charge on any atom is -0.308 e. The zero-order chi connectivity index (χ0) is 7.61. The average Bonchev–Trinajstić information content (AvgIpc) is 1.88. The second-order valence-corrected chi connectivity index (χ2v) is 1.64. The van der Waals surface area contributed by atoms with E-state index in [-0.39, 0.29) is 0 Å². The number of hydrazine groups is 1. The zero-order valence-electron chi connectivity index (χ0n) is 4.79. The van der Waals surface area contributed by atoms with Gasteiger partial charge in [-0.25, -0.2) is 0 Å². The number of alkyl halides is 3. The summed E-state index contributed by atoms with van der Waals surface area (Å²) < 4.78 is 35.2. The Bertz CT molecular complexity index is 180. The molecular weight excluding hydrogens is 145 g/mol. The van der Waals surface area contributed by atoms with Crippen molar-refractivity contribution in [2.75, 3.05) is 0 Å². The maximum atomic E-state index is 11.7. The first-order chi connectivity index (χ1) is 4.61. The molecule has 0 aromatic rings. The van der Waals surface area contributed by atoms with Crippen LogP contribution in [-0.2, 0) is 0 Å². The largest absolute Gasteiger partial charge is 0.418 e. The van der Waals surface area contributed by atoms with Crippen molar-refractivity contribution in [1.29, 1.82) is 0 Å². The van der Waals surface area contributed by atoms with Crippen LogP contribution in [0.1, 0.15) is 0 Å². The molecule has 0 saturated carbocycles. The van der Waals surface area contributed by atoms with Gasteiger partial charge in [-0.15, -0.1) is 0 Å². The molecule has 1 rings (SSSR count). The van der Waals surface area contributed by atoms with Gasteiger partial charge in [-0.2, -0.15) is 13.2 Å². The Morgan fingerprint density at radius 1 is 1.40 bits per heavy atom. The summed E-state index contributed by atoms with van der Waals surface area (Å²) >= 11 is 0. The van der Waals surface area contributed by atoms with Crippen molar-refractivity contribution in [1.82, 2.24) is 10.9 Å². The molecule has 0 amide bonds. The van der Waals surface area contributed by atoms with Crippen LogP contribution in [-0.4, -0.2) is 6.18 Å². The SMILES string of the molecule is FC(F)(F)C1=[C]NNC=C1. The first kappa shape index (κ1) is 6.98. The third-order valence-corrected chi connectivity index (χ3v) is 0.908. The quantitative estimate of drug-likeness (QED) is 0.533. The highest BCUT2D eigenvalue weighted by Crippen LogP contribution is 2.25. The van der Waals surface area contributed by atoms with Gasteiger partial charge in [0.15, 0.2) is 0 Å². The maximum absolute atomic E-state index is 11.7. The van der Waals surface area contributed by atoms with Crippen LogP contribution in [0.2, 0.25) is 0 Å². The van der Waals surface area contributed by atoms with Crippen molar-refractivity contribution < 1.29 is 13.2 Å². The third-order valence-electron chi connectivity index (χ3n) is 0.908. The number of rotatable bonds is 0. The van der Waals surface area contributed by atoms with E-state index in [0.29, 0.717) is 0 Å². The Morgan fingerprint density at radius 2 is 2.10 bits per heavy atom. The Balaban J connectivity index is 2.73. The molecule has 2 N–H and O–H groups in total. The van der Waals surface area contributed by atoms with Crippen LogP contribution in [0.25, 0.3) is 0 Å². The molecule has 0 spiro atoms. The summed E-state index contributed by atoms with van der Waals surface area (Å²) in [5.41, 5.74) is 3.61. The van der Waals surface area contributed by atoms with Gasteiger partial charge < -0.3 is 5.43 Å². The Kier molecular flexibility index (Phi) is 1.57. The van der Waals surface area contributed by atoms with E-state index in [2.05, 4.69) is 10.9 Å². The summed E-state index contributed by atoms with van der Waals surface area (Å²) in [6, 6.07) is 0. The summed E-state index contributed by atoms with van der Waals surface area (Å²) in [7, 11) is 0. The van der Waals surface area contributed by atoms with Crippen LogP contribution in [0, 0.1) is 6.20 Å². The summed E-state index contributed by atoms with van der Waals surface area (Å²) in [6.45, 7) is 0.